The molecule has 4 aliphatic rings. The number of esters is 1. The smallest absolute Gasteiger partial charge is 0.330 e. The van der Waals surface area contributed by atoms with Crippen molar-refractivity contribution < 1.29 is 9.53 Å². The molecule has 0 N–H and O–H groups in total. The van der Waals surface area contributed by atoms with Gasteiger partial charge in [0.15, 0.2) is 0 Å². The lowest BCUT2D eigenvalue weighted by Crippen LogP contribution is -2.46. The highest BCUT2D eigenvalue weighted by atomic mass is 16.5. The molecule has 0 aliphatic heterocycles. The topological polar surface area (TPSA) is 26.3 Å². The van der Waals surface area contributed by atoms with Crippen LogP contribution < -0.4 is 0 Å². The lowest BCUT2D eigenvalue weighted by Gasteiger charge is -2.55. The molecule has 2 heteroatoms. The second kappa shape index (κ2) is 14.3. The monoisotopic (exact) mass is 562 g/mol. The Kier molecular flexibility index (Phi) is 11.3. The van der Waals surface area contributed by atoms with Crippen LogP contribution in [0.1, 0.15) is 138 Å². The number of carbonyl (C=O) groups is 1. The summed E-state index contributed by atoms with van der Waals surface area (Å²) in [6.45, 7) is 16.9. The molecule has 4 aliphatic carbocycles. The number of unbranched alkanes of at least 4 members (excludes halogenated alkanes) is 6. The summed E-state index contributed by atoms with van der Waals surface area (Å²) in [5, 5.41) is 0. The lowest BCUT2D eigenvalue weighted by atomic mass is 9.50. The number of fused-ring (bicyclic) bond motifs is 5. The Morgan fingerprint density at radius 3 is 2.44 bits per heavy atom. The first-order valence-electron chi connectivity index (χ1n) is 17.6. The summed E-state index contributed by atoms with van der Waals surface area (Å²) in [7, 11) is 0. The van der Waals surface area contributed by atoms with E-state index in [1.165, 1.54) is 69.8 Å². The fraction of sp³-hybridized carbons (Fsp3) is 0.769. The van der Waals surface area contributed by atoms with Gasteiger partial charge in [-0.05, 0) is 97.7 Å². The molecule has 230 valence electrons. The van der Waals surface area contributed by atoms with Gasteiger partial charge in [0.05, 0.1) is 0 Å². The largest absolute Gasteiger partial charge is 0.459 e. The van der Waals surface area contributed by atoms with Crippen molar-refractivity contribution in [1.82, 2.24) is 0 Å². The van der Waals surface area contributed by atoms with Crippen molar-refractivity contribution in [2.45, 2.75) is 144 Å². The first kappa shape index (κ1) is 32.3. The molecular weight excluding hydrogens is 500 g/mol. The minimum absolute atomic E-state index is 0.0288. The normalized spacial score (nSPS) is 34.6. The molecule has 2 nitrogen and oxygen atoms in total. The molecule has 41 heavy (non-hydrogen) atoms. The molecule has 1 unspecified atom stereocenters. The van der Waals surface area contributed by atoms with Gasteiger partial charge in [0.1, 0.15) is 6.10 Å². The second-order valence-electron chi connectivity index (χ2n) is 15.2. The average molecular weight is 563 g/mol. The van der Waals surface area contributed by atoms with Gasteiger partial charge in [-0.1, -0.05) is 122 Å². The highest BCUT2D eigenvalue weighted by Gasteiger charge is 2.57. The third-order valence-electron chi connectivity index (χ3n) is 12.3. The van der Waals surface area contributed by atoms with Crippen molar-refractivity contribution in [1.29, 1.82) is 0 Å². The quantitative estimate of drug-likeness (QED) is 0.0965. The van der Waals surface area contributed by atoms with E-state index in [4.69, 9.17) is 4.74 Å². The van der Waals surface area contributed by atoms with E-state index in [0.29, 0.717) is 29.1 Å². The predicted octanol–water partition coefficient (Wildman–Crippen LogP) is 11.2. The van der Waals surface area contributed by atoms with E-state index in [1.54, 1.807) is 11.6 Å². The summed E-state index contributed by atoms with van der Waals surface area (Å²) >= 11 is 0. The van der Waals surface area contributed by atoms with E-state index >= 15 is 0 Å². The molecule has 0 amide bonds. The molecule has 3 fully saturated rings. The van der Waals surface area contributed by atoms with Crippen molar-refractivity contribution in [2.24, 2.45) is 46.3 Å². The number of allylic oxidation sites excluding steroid dienone is 6. The third-order valence-corrected chi connectivity index (χ3v) is 12.3. The minimum atomic E-state index is -0.145. The molecule has 0 aromatic heterocycles. The maximum absolute atomic E-state index is 12.6. The van der Waals surface area contributed by atoms with E-state index in [-0.39, 0.29) is 17.5 Å². The van der Waals surface area contributed by atoms with Crippen LogP contribution in [0.2, 0.25) is 0 Å². The molecule has 0 saturated heterocycles. The van der Waals surface area contributed by atoms with Gasteiger partial charge in [-0.15, -0.1) is 0 Å². The number of carbonyl (C=O) groups excluding carboxylic acids is 1. The van der Waals surface area contributed by atoms with Gasteiger partial charge in [-0.3, -0.25) is 0 Å². The maximum Gasteiger partial charge on any atom is 0.330 e. The summed E-state index contributed by atoms with van der Waals surface area (Å²) in [5.41, 5.74) is 3.94. The Labute approximate surface area is 253 Å². The predicted molar refractivity (Wildman–Crippen MR) is 174 cm³/mol. The molecule has 3 saturated carbocycles. The van der Waals surface area contributed by atoms with Crippen LogP contribution in [0.15, 0.2) is 47.6 Å². The molecule has 8 atom stereocenters. The van der Waals surface area contributed by atoms with Crippen molar-refractivity contribution in [3.8, 4) is 0 Å². The van der Waals surface area contributed by atoms with Crippen molar-refractivity contribution in [2.75, 3.05) is 0 Å². The summed E-state index contributed by atoms with van der Waals surface area (Å²) < 4.78 is 5.97. The summed E-state index contributed by atoms with van der Waals surface area (Å²) in [6, 6.07) is 0. The third kappa shape index (κ3) is 7.33. The Bertz CT molecular complexity index is 997. The van der Waals surface area contributed by atoms with Gasteiger partial charge in [0.2, 0.25) is 0 Å². The molecule has 0 heterocycles. The van der Waals surface area contributed by atoms with Crippen LogP contribution in [0, 0.1) is 46.3 Å². The Morgan fingerprint density at radius 1 is 0.927 bits per heavy atom. The Hall–Kier alpha value is -1.57. The molecular formula is C39H62O2. The van der Waals surface area contributed by atoms with Crippen LogP contribution in [0.5, 0.6) is 0 Å². The first-order chi connectivity index (χ1) is 19.6. The highest BCUT2D eigenvalue weighted by molar-refractivity contribution is 5.82. The number of ether oxygens (including phenoxy) is 1. The van der Waals surface area contributed by atoms with Crippen molar-refractivity contribution in [3.05, 3.63) is 47.6 Å². The van der Waals surface area contributed by atoms with E-state index in [0.717, 1.165) is 37.5 Å². The van der Waals surface area contributed by atoms with Gasteiger partial charge in [0, 0.05) is 12.5 Å². The average Bonchev–Trinajstić information content (AvgIpc) is 3.30. The highest BCUT2D eigenvalue weighted by Crippen LogP contribution is 2.66. The van der Waals surface area contributed by atoms with E-state index in [2.05, 4.69) is 72.8 Å². The van der Waals surface area contributed by atoms with Gasteiger partial charge in [-0.2, -0.15) is 0 Å². The number of hydrogen-bond acceptors (Lipinski definition) is 2. The summed E-state index contributed by atoms with van der Waals surface area (Å²) in [4.78, 5) is 12.6. The van der Waals surface area contributed by atoms with Gasteiger partial charge >= 0.3 is 5.97 Å². The van der Waals surface area contributed by atoms with Crippen molar-refractivity contribution in [3.63, 3.8) is 0 Å². The zero-order valence-corrected chi connectivity index (χ0v) is 27.7. The second-order valence-corrected chi connectivity index (χ2v) is 15.2. The van der Waals surface area contributed by atoms with E-state index in [1.807, 2.05) is 6.08 Å². The molecule has 4 rings (SSSR count). The van der Waals surface area contributed by atoms with Crippen LogP contribution >= 0.6 is 0 Å². The van der Waals surface area contributed by atoms with Crippen LogP contribution in [-0.2, 0) is 9.53 Å². The van der Waals surface area contributed by atoms with Crippen LogP contribution in [0.4, 0.5) is 0 Å². The van der Waals surface area contributed by atoms with E-state index in [9.17, 15) is 4.79 Å². The summed E-state index contributed by atoms with van der Waals surface area (Å²) in [6.07, 6.45) is 30.9. The lowest BCUT2D eigenvalue weighted by molar-refractivity contribution is -0.144. The molecule has 0 aromatic rings. The zero-order valence-electron chi connectivity index (χ0n) is 27.7. The zero-order chi connectivity index (χ0) is 29.6. The van der Waals surface area contributed by atoms with Crippen LogP contribution in [0.3, 0.4) is 0 Å². The molecule has 0 radical (unpaired) electrons. The van der Waals surface area contributed by atoms with Crippen LogP contribution in [0.25, 0.3) is 0 Å². The maximum atomic E-state index is 12.6. The molecule has 0 aromatic carbocycles. The number of hydrogen-bond donors (Lipinski definition) is 0. The SMILES string of the molecule is CCCCCCCCC=CC(=O)OC1CC[C@@]2(C)C(=CC=C3[C@@H]4CC[C@H]([C@H](C)C=C[C@H](C)C(C)C)[C@@]4(C)CC[C@@H]32)C1. The van der Waals surface area contributed by atoms with Gasteiger partial charge in [0.25, 0.3) is 0 Å². The van der Waals surface area contributed by atoms with Crippen LogP contribution in [-0.4, -0.2) is 12.1 Å². The molecule has 0 bridgehead atoms. The standard InChI is InChI=1S/C39H62O2/c1-8-9-10-11-12-13-14-15-16-37(40)41-32-23-25-38(6)31(27-32)19-20-33-35-22-21-34(39(35,7)26-24-36(33)38)30(5)18-17-29(4)28(2)3/h15-20,28-30,32,34-36H,8-14,21-27H2,1-7H3/t29-,30+,32?,34+,35-,36-,38-,39+/m0/s1. The first-order valence-corrected chi connectivity index (χ1v) is 17.6. The Morgan fingerprint density at radius 2 is 1.68 bits per heavy atom. The van der Waals surface area contributed by atoms with Gasteiger partial charge < -0.3 is 4.74 Å². The van der Waals surface area contributed by atoms with E-state index < -0.39 is 0 Å². The minimum Gasteiger partial charge on any atom is -0.459 e. The Balaban J connectivity index is 1.34. The fourth-order valence-corrected chi connectivity index (χ4v) is 9.11. The van der Waals surface area contributed by atoms with Gasteiger partial charge in [-0.25, -0.2) is 4.79 Å². The fourth-order valence-electron chi connectivity index (χ4n) is 9.11. The summed E-state index contributed by atoms with van der Waals surface area (Å²) in [5.74, 6) is 4.05. The van der Waals surface area contributed by atoms with Crippen molar-refractivity contribution >= 4 is 5.97 Å². The molecule has 0 spiro atoms. The number of rotatable bonds is 13.